The van der Waals surface area contributed by atoms with Crippen LogP contribution in [0.5, 0.6) is 5.75 Å². The van der Waals surface area contributed by atoms with Gasteiger partial charge in [-0.15, -0.1) is 0 Å². The number of carboxylic acid groups (broad SMARTS) is 1. The molecule has 0 atom stereocenters. The number of hydrogen-bond acceptors (Lipinski definition) is 2. The Hall–Kier alpha value is -2.55. The Labute approximate surface area is 130 Å². The Balaban J connectivity index is 2.45. The Morgan fingerprint density at radius 2 is 1.91 bits per heavy atom. The molecule has 0 unspecified atom stereocenters. The molecule has 0 heterocycles. The van der Waals surface area contributed by atoms with Gasteiger partial charge in [-0.1, -0.05) is 30.3 Å². The second-order valence-electron chi connectivity index (χ2n) is 5.17. The van der Waals surface area contributed by atoms with Crippen LogP contribution in [0.2, 0.25) is 0 Å². The van der Waals surface area contributed by atoms with Gasteiger partial charge in [-0.3, -0.25) is 0 Å². The average Bonchev–Trinajstić information content (AvgIpc) is 2.48. The molecular formula is C19H20O3. The lowest BCUT2D eigenvalue weighted by Gasteiger charge is -2.08. The summed E-state index contributed by atoms with van der Waals surface area (Å²) in [5, 5.41) is 9.52. The van der Waals surface area contributed by atoms with E-state index in [1.807, 2.05) is 63.2 Å². The van der Waals surface area contributed by atoms with E-state index in [1.54, 1.807) is 6.08 Å². The Morgan fingerprint density at radius 3 is 2.55 bits per heavy atom. The molecule has 0 saturated carbocycles. The highest BCUT2D eigenvalue weighted by molar-refractivity contribution is 6.20. The van der Waals surface area contributed by atoms with Gasteiger partial charge in [0.2, 0.25) is 0 Å². The monoisotopic (exact) mass is 296 g/mol. The molecule has 0 spiro atoms. The maximum atomic E-state index is 11.6. The van der Waals surface area contributed by atoms with Crippen LogP contribution in [0.25, 0.3) is 11.6 Å². The molecule has 0 bridgehead atoms. The van der Waals surface area contributed by atoms with E-state index in [2.05, 4.69) is 0 Å². The molecule has 22 heavy (non-hydrogen) atoms. The normalized spacial score (nSPS) is 11.3. The third kappa shape index (κ3) is 3.76. The van der Waals surface area contributed by atoms with Crippen molar-refractivity contribution in [2.24, 2.45) is 0 Å². The molecule has 0 aromatic heterocycles. The van der Waals surface area contributed by atoms with Crippen molar-refractivity contribution in [3.63, 3.8) is 0 Å². The second kappa shape index (κ2) is 6.94. The first kappa shape index (κ1) is 15.8. The van der Waals surface area contributed by atoms with E-state index in [9.17, 15) is 9.90 Å². The molecule has 0 fully saturated rings. The fraction of sp³-hybridized carbons (Fsp3) is 0.211. The molecule has 1 N–H and O–H groups in total. The number of carbonyl (C=O) groups is 1. The summed E-state index contributed by atoms with van der Waals surface area (Å²) in [5.74, 6) is -0.203. The summed E-state index contributed by atoms with van der Waals surface area (Å²) in [6.45, 7) is 6.49. The Bertz CT molecular complexity index is 714. The minimum Gasteiger partial charge on any atom is -0.494 e. The maximum Gasteiger partial charge on any atom is 0.336 e. The van der Waals surface area contributed by atoms with Crippen molar-refractivity contribution in [2.45, 2.75) is 20.8 Å². The summed E-state index contributed by atoms with van der Waals surface area (Å²) in [5.41, 5.74) is 4.01. The van der Waals surface area contributed by atoms with Crippen LogP contribution in [0.4, 0.5) is 0 Å². The molecule has 2 aromatic carbocycles. The molecule has 0 aliphatic heterocycles. The number of aryl methyl sites for hydroxylation is 2. The SMILES string of the molecule is CCOc1cccc(/C=C(\C(=O)O)c2ccc(C)c(C)c2)c1. The molecule has 0 radical (unpaired) electrons. The zero-order chi connectivity index (χ0) is 16.1. The van der Waals surface area contributed by atoms with Crippen molar-refractivity contribution < 1.29 is 14.6 Å². The van der Waals surface area contributed by atoms with E-state index in [0.717, 1.165) is 22.4 Å². The van der Waals surface area contributed by atoms with Crippen molar-refractivity contribution in [1.82, 2.24) is 0 Å². The quantitative estimate of drug-likeness (QED) is 0.660. The van der Waals surface area contributed by atoms with Crippen LogP contribution in [0.3, 0.4) is 0 Å². The summed E-state index contributed by atoms with van der Waals surface area (Å²) >= 11 is 0. The van der Waals surface area contributed by atoms with Crippen LogP contribution in [0.1, 0.15) is 29.2 Å². The maximum absolute atomic E-state index is 11.6. The largest absolute Gasteiger partial charge is 0.494 e. The Kier molecular flexibility index (Phi) is 4.99. The van der Waals surface area contributed by atoms with Crippen LogP contribution in [0.15, 0.2) is 42.5 Å². The fourth-order valence-electron chi connectivity index (χ4n) is 2.20. The molecule has 0 aliphatic carbocycles. The molecule has 114 valence electrons. The van der Waals surface area contributed by atoms with Crippen molar-refractivity contribution in [3.05, 3.63) is 64.7 Å². The topological polar surface area (TPSA) is 46.5 Å². The van der Waals surface area contributed by atoms with Crippen LogP contribution in [-0.2, 0) is 4.79 Å². The van der Waals surface area contributed by atoms with Gasteiger partial charge < -0.3 is 9.84 Å². The van der Waals surface area contributed by atoms with Crippen LogP contribution < -0.4 is 4.74 Å². The predicted octanol–water partition coefficient (Wildman–Crippen LogP) is 4.33. The summed E-state index contributed by atoms with van der Waals surface area (Å²) in [7, 11) is 0. The van der Waals surface area contributed by atoms with Crippen LogP contribution in [-0.4, -0.2) is 17.7 Å². The van der Waals surface area contributed by atoms with Gasteiger partial charge in [0.05, 0.1) is 12.2 Å². The van der Waals surface area contributed by atoms with Crippen molar-refractivity contribution in [1.29, 1.82) is 0 Å². The molecule has 0 saturated heterocycles. The lowest BCUT2D eigenvalue weighted by molar-refractivity contribution is -0.130. The number of rotatable bonds is 5. The molecular weight excluding hydrogens is 276 g/mol. The van der Waals surface area contributed by atoms with Gasteiger partial charge in [0.15, 0.2) is 0 Å². The number of benzene rings is 2. The smallest absolute Gasteiger partial charge is 0.336 e. The third-order valence-electron chi connectivity index (χ3n) is 3.53. The van der Waals surface area contributed by atoms with Gasteiger partial charge in [0, 0.05) is 0 Å². The van der Waals surface area contributed by atoms with E-state index in [-0.39, 0.29) is 5.57 Å². The number of ether oxygens (including phenoxy) is 1. The minimum atomic E-state index is -0.940. The molecule has 0 aliphatic rings. The van der Waals surface area contributed by atoms with E-state index in [1.165, 1.54) is 0 Å². The lowest BCUT2D eigenvalue weighted by Crippen LogP contribution is -2.00. The van der Waals surface area contributed by atoms with Gasteiger partial charge in [-0.05, 0) is 61.2 Å². The molecule has 2 aromatic rings. The van der Waals surface area contributed by atoms with E-state index in [0.29, 0.717) is 12.2 Å². The van der Waals surface area contributed by atoms with Gasteiger partial charge in [-0.2, -0.15) is 0 Å². The highest BCUT2D eigenvalue weighted by Crippen LogP contribution is 2.23. The standard InChI is InChI=1S/C19H20O3/c1-4-22-17-7-5-6-15(11-17)12-18(19(20)21)16-9-8-13(2)14(3)10-16/h5-12H,4H2,1-3H3,(H,20,21)/b18-12-. The van der Waals surface area contributed by atoms with Gasteiger partial charge in [-0.25, -0.2) is 4.79 Å². The van der Waals surface area contributed by atoms with Gasteiger partial charge in [0.25, 0.3) is 0 Å². The van der Waals surface area contributed by atoms with Crippen molar-refractivity contribution in [3.8, 4) is 5.75 Å². The number of aliphatic carboxylic acids is 1. The first-order valence-corrected chi connectivity index (χ1v) is 7.26. The van der Waals surface area contributed by atoms with Crippen molar-refractivity contribution >= 4 is 17.6 Å². The number of hydrogen-bond donors (Lipinski definition) is 1. The van der Waals surface area contributed by atoms with E-state index in [4.69, 9.17) is 4.74 Å². The molecule has 0 amide bonds. The Morgan fingerprint density at radius 1 is 1.14 bits per heavy atom. The first-order chi connectivity index (χ1) is 10.5. The summed E-state index contributed by atoms with van der Waals surface area (Å²) in [6.07, 6.45) is 1.68. The molecule has 3 heteroatoms. The zero-order valence-corrected chi connectivity index (χ0v) is 13.1. The highest BCUT2D eigenvalue weighted by atomic mass is 16.5. The molecule has 2 rings (SSSR count). The molecule has 3 nitrogen and oxygen atoms in total. The summed E-state index contributed by atoms with van der Waals surface area (Å²) in [6, 6.07) is 13.1. The number of carboxylic acids is 1. The van der Waals surface area contributed by atoms with Gasteiger partial charge >= 0.3 is 5.97 Å². The predicted molar refractivity (Wildman–Crippen MR) is 89.0 cm³/mol. The first-order valence-electron chi connectivity index (χ1n) is 7.26. The van der Waals surface area contributed by atoms with Crippen LogP contribution in [0, 0.1) is 13.8 Å². The van der Waals surface area contributed by atoms with Crippen molar-refractivity contribution in [2.75, 3.05) is 6.61 Å². The minimum absolute atomic E-state index is 0.275. The summed E-state index contributed by atoms with van der Waals surface area (Å²) < 4.78 is 5.45. The van der Waals surface area contributed by atoms with Gasteiger partial charge in [0.1, 0.15) is 5.75 Å². The second-order valence-corrected chi connectivity index (χ2v) is 5.17. The lowest BCUT2D eigenvalue weighted by atomic mass is 9.98. The van der Waals surface area contributed by atoms with E-state index >= 15 is 0 Å². The van der Waals surface area contributed by atoms with E-state index < -0.39 is 5.97 Å². The zero-order valence-electron chi connectivity index (χ0n) is 13.1. The van der Waals surface area contributed by atoms with Crippen LogP contribution >= 0.6 is 0 Å². The highest BCUT2D eigenvalue weighted by Gasteiger charge is 2.11. The third-order valence-corrected chi connectivity index (χ3v) is 3.53. The fourth-order valence-corrected chi connectivity index (χ4v) is 2.20. The average molecular weight is 296 g/mol. The summed E-state index contributed by atoms with van der Waals surface area (Å²) in [4.78, 5) is 11.6.